The largest absolute Gasteiger partial charge is 0.375 e. The summed E-state index contributed by atoms with van der Waals surface area (Å²) in [7, 11) is 0. The number of carbonyl (C=O) groups is 1. The summed E-state index contributed by atoms with van der Waals surface area (Å²) in [6, 6.07) is 9.72. The van der Waals surface area contributed by atoms with Crippen molar-refractivity contribution in [2.24, 2.45) is 0 Å². The normalized spacial score (nSPS) is 10.2. The molecular formula is C13H15N3O2. The molecular weight excluding hydrogens is 230 g/mol. The topological polar surface area (TPSA) is 56.1 Å². The second kappa shape index (κ2) is 6.56. The molecule has 0 saturated carbocycles. The molecule has 1 aromatic heterocycles. The van der Waals surface area contributed by atoms with Gasteiger partial charge in [0.05, 0.1) is 13.2 Å². The second-order valence-corrected chi connectivity index (χ2v) is 3.74. The maximum Gasteiger partial charge on any atom is 0.326 e. The van der Waals surface area contributed by atoms with Crippen molar-refractivity contribution >= 4 is 6.03 Å². The quantitative estimate of drug-likeness (QED) is 0.815. The van der Waals surface area contributed by atoms with E-state index in [1.807, 2.05) is 30.3 Å². The van der Waals surface area contributed by atoms with Gasteiger partial charge in [-0.1, -0.05) is 30.3 Å². The van der Waals surface area contributed by atoms with Crippen molar-refractivity contribution in [2.75, 3.05) is 13.2 Å². The van der Waals surface area contributed by atoms with E-state index in [-0.39, 0.29) is 6.03 Å². The van der Waals surface area contributed by atoms with E-state index in [1.165, 1.54) is 10.9 Å². The zero-order chi connectivity index (χ0) is 12.6. The molecule has 1 aromatic carbocycles. The van der Waals surface area contributed by atoms with E-state index in [1.54, 1.807) is 12.4 Å². The maximum atomic E-state index is 11.5. The van der Waals surface area contributed by atoms with Gasteiger partial charge in [-0.3, -0.25) is 4.57 Å². The maximum absolute atomic E-state index is 11.5. The molecule has 18 heavy (non-hydrogen) atoms. The number of hydrogen-bond donors (Lipinski definition) is 1. The minimum absolute atomic E-state index is 0.198. The number of carbonyl (C=O) groups excluding carboxylic acids is 1. The number of amides is 1. The zero-order valence-electron chi connectivity index (χ0n) is 9.95. The molecule has 2 rings (SSSR count). The summed E-state index contributed by atoms with van der Waals surface area (Å²) in [5, 5.41) is 2.73. The van der Waals surface area contributed by atoms with Gasteiger partial charge in [0.25, 0.3) is 0 Å². The highest BCUT2D eigenvalue weighted by atomic mass is 16.5. The minimum atomic E-state index is -0.198. The number of hydrogen-bond acceptors (Lipinski definition) is 3. The summed E-state index contributed by atoms with van der Waals surface area (Å²) >= 11 is 0. The van der Waals surface area contributed by atoms with E-state index in [2.05, 4.69) is 10.3 Å². The van der Waals surface area contributed by atoms with Gasteiger partial charge in [0.2, 0.25) is 0 Å². The van der Waals surface area contributed by atoms with Crippen LogP contribution in [0.4, 0.5) is 4.79 Å². The number of nitrogens with one attached hydrogen (secondary N) is 1. The fourth-order valence-electron chi connectivity index (χ4n) is 1.46. The summed E-state index contributed by atoms with van der Waals surface area (Å²) in [4.78, 5) is 15.3. The predicted molar refractivity (Wildman–Crippen MR) is 67.1 cm³/mol. The number of imidazole rings is 1. The molecule has 5 nitrogen and oxygen atoms in total. The highest BCUT2D eigenvalue weighted by molar-refractivity contribution is 5.76. The molecule has 0 atom stereocenters. The van der Waals surface area contributed by atoms with Crippen LogP contribution in [0.15, 0.2) is 49.1 Å². The summed E-state index contributed by atoms with van der Waals surface area (Å²) in [6.45, 7) is 1.51. The third kappa shape index (κ3) is 3.71. The van der Waals surface area contributed by atoms with E-state index >= 15 is 0 Å². The van der Waals surface area contributed by atoms with Crippen LogP contribution in [0.3, 0.4) is 0 Å². The number of ether oxygens (including phenoxy) is 1. The number of rotatable bonds is 5. The molecule has 1 amide bonds. The summed E-state index contributed by atoms with van der Waals surface area (Å²) in [5.41, 5.74) is 1.12. The first-order chi connectivity index (χ1) is 8.86. The van der Waals surface area contributed by atoms with Crippen molar-refractivity contribution in [3.63, 3.8) is 0 Å². The van der Waals surface area contributed by atoms with E-state index < -0.39 is 0 Å². The average molecular weight is 245 g/mol. The van der Waals surface area contributed by atoms with Crippen molar-refractivity contribution in [2.45, 2.75) is 6.61 Å². The van der Waals surface area contributed by atoms with Gasteiger partial charge in [-0.2, -0.15) is 0 Å². The number of nitrogens with zero attached hydrogens (tertiary/aromatic N) is 2. The van der Waals surface area contributed by atoms with Crippen LogP contribution in [0, 0.1) is 0 Å². The molecule has 0 fully saturated rings. The van der Waals surface area contributed by atoms with E-state index in [4.69, 9.17) is 4.74 Å². The van der Waals surface area contributed by atoms with Crippen LogP contribution in [0.2, 0.25) is 0 Å². The molecule has 0 aliphatic carbocycles. The van der Waals surface area contributed by atoms with Crippen LogP contribution in [-0.2, 0) is 11.3 Å². The molecule has 2 aromatic rings. The lowest BCUT2D eigenvalue weighted by molar-refractivity contribution is 0.123. The highest BCUT2D eigenvalue weighted by Gasteiger charge is 2.01. The van der Waals surface area contributed by atoms with E-state index in [9.17, 15) is 4.79 Å². The van der Waals surface area contributed by atoms with Crippen molar-refractivity contribution in [1.82, 2.24) is 14.9 Å². The van der Waals surface area contributed by atoms with Crippen LogP contribution in [0.5, 0.6) is 0 Å². The van der Waals surface area contributed by atoms with Gasteiger partial charge in [-0.05, 0) is 5.56 Å². The van der Waals surface area contributed by atoms with Gasteiger partial charge in [-0.15, -0.1) is 0 Å². The molecule has 0 saturated heterocycles. The summed E-state index contributed by atoms with van der Waals surface area (Å²) in [5.74, 6) is 0. The summed E-state index contributed by atoms with van der Waals surface area (Å²) < 4.78 is 6.83. The van der Waals surface area contributed by atoms with Gasteiger partial charge < -0.3 is 10.1 Å². The Labute approximate surface area is 105 Å². The number of benzene rings is 1. The van der Waals surface area contributed by atoms with Gasteiger partial charge >= 0.3 is 6.03 Å². The Balaban J connectivity index is 1.61. The lowest BCUT2D eigenvalue weighted by Gasteiger charge is -2.06. The molecule has 0 spiro atoms. The first kappa shape index (κ1) is 12.3. The Morgan fingerprint density at radius 2 is 2.17 bits per heavy atom. The van der Waals surface area contributed by atoms with Crippen molar-refractivity contribution < 1.29 is 9.53 Å². The van der Waals surface area contributed by atoms with Crippen molar-refractivity contribution in [3.05, 3.63) is 54.6 Å². The molecule has 1 heterocycles. The highest BCUT2D eigenvalue weighted by Crippen LogP contribution is 1.99. The van der Waals surface area contributed by atoms with Crippen LogP contribution in [0.1, 0.15) is 5.56 Å². The van der Waals surface area contributed by atoms with E-state index in [0.29, 0.717) is 19.8 Å². The molecule has 5 heteroatoms. The third-order valence-electron chi connectivity index (χ3n) is 2.37. The molecule has 0 aliphatic heterocycles. The van der Waals surface area contributed by atoms with Gasteiger partial charge in [0.15, 0.2) is 0 Å². The Bertz CT molecular complexity index is 468. The van der Waals surface area contributed by atoms with Crippen molar-refractivity contribution in [1.29, 1.82) is 0 Å². The van der Waals surface area contributed by atoms with Crippen LogP contribution >= 0.6 is 0 Å². The van der Waals surface area contributed by atoms with Gasteiger partial charge in [-0.25, -0.2) is 9.78 Å². The molecule has 0 bridgehead atoms. The predicted octanol–water partition coefficient (Wildman–Crippen LogP) is 1.66. The van der Waals surface area contributed by atoms with Gasteiger partial charge in [0, 0.05) is 18.9 Å². The Morgan fingerprint density at radius 1 is 1.33 bits per heavy atom. The Morgan fingerprint density at radius 3 is 2.89 bits per heavy atom. The molecule has 0 unspecified atom stereocenters. The Kier molecular flexibility index (Phi) is 4.49. The van der Waals surface area contributed by atoms with Crippen LogP contribution in [0.25, 0.3) is 0 Å². The zero-order valence-corrected chi connectivity index (χ0v) is 9.95. The second-order valence-electron chi connectivity index (χ2n) is 3.74. The van der Waals surface area contributed by atoms with Crippen LogP contribution in [-0.4, -0.2) is 28.7 Å². The fraction of sp³-hybridized carbons (Fsp3) is 0.231. The van der Waals surface area contributed by atoms with E-state index in [0.717, 1.165) is 5.56 Å². The fourth-order valence-corrected chi connectivity index (χ4v) is 1.46. The third-order valence-corrected chi connectivity index (χ3v) is 2.37. The monoisotopic (exact) mass is 245 g/mol. The first-order valence-corrected chi connectivity index (χ1v) is 5.74. The first-order valence-electron chi connectivity index (χ1n) is 5.74. The lowest BCUT2D eigenvalue weighted by atomic mass is 10.2. The summed E-state index contributed by atoms with van der Waals surface area (Å²) in [6.07, 6.45) is 4.62. The molecule has 94 valence electrons. The van der Waals surface area contributed by atoms with Crippen molar-refractivity contribution in [3.8, 4) is 0 Å². The molecule has 1 N–H and O–H groups in total. The SMILES string of the molecule is O=C(NCCOCc1ccccc1)n1ccnc1. The minimum Gasteiger partial charge on any atom is -0.375 e. The average Bonchev–Trinajstić information content (AvgIpc) is 2.93. The van der Waals surface area contributed by atoms with Crippen LogP contribution < -0.4 is 5.32 Å². The standard InChI is InChI=1S/C13H15N3O2/c17-13(16-8-6-14-11-16)15-7-9-18-10-12-4-2-1-3-5-12/h1-6,8,11H,7,9-10H2,(H,15,17). The Hall–Kier alpha value is -2.14. The lowest BCUT2D eigenvalue weighted by Crippen LogP contribution is -2.30. The van der Waals surface area contributed by atoms with Gasteiger partial charge in [0.1, 0.15) is 6.33 Å². The smallest absolute Gasteiger partial charge is 0.326 e. The number of aromatic nitrogens is 2. The molecule has 0 radical (unpaired) electrons. The molecule has 0 aliphatic rings.